The molecule has 0 aliphatic heterocycles. The molecule has 0 saturated heterocycles. The van der Waals surface area contributed by atoms with Crippen LogP contribution >= 0.6 is 0 Å². The average molecular weight is 288 g/mol. The summed E-state index contributed by atoms with van der Waals surface area (Å²) in [4.78, 5) is 16.6. The summed E-state index contributed by atoms with van der Waals surface area (Å²) in [5, 5.41) is 2.06. The minimum absolute atomic E-state index is 0.425. The first-order chi connectivity index (χ1) is 10.8. The van der Waals surface area contributed by atoms with E-state index in [4.69, 9.17) is 4.74 Å². The first-order valence-corrected chi connectivity index (χ1v) is 6.95. The van der Waals surface area contributed by atoms with Crippen LogP contribution in [0.1, 0.15) is 0 Å². The Morgan fingerprint density at radius 1 is 0.864 bits per heavy atom. The van der Waals surface area contributed by atoms with Crippen molar-refractivity contribution in [3.63, 3.8) is 0 Å². The van der Waals surface area contributed by atoms with Crippen molar-refractivity contribution in [2.45, 2.75) is 0 Å². The molecule has 0 fully saturated rings. The Morgan fingerprint density at radius 2 is 1.50 bits per heavy atom. The van der Waals surface area contributed by atoms with E-state index >= 15 is 0 Å². The van der Waals surface area contributed by atoms with E-state index in [0.29, 0.717) is 5.75 Å². The Morgan fingerprint density at radius 3 is 2.09 bits per heavy atom. The van der Waals surface area contributed by atoms with Gasteiger partial charge in [-0.05, 0) is 24.3 Å². The van der Waals surface area contributed by atoms with Gasteiger partial charge in [0.2, 0.25) is 0 Å². The van der Waals surface area contributed by atoms with Crippen molar-refractivity contribution in [2.75, 3.05) is 0 Å². The standard InChI is InChI=1S/C18H12N2O2/c21-18(22-13-6-5-11-19-12-13)20-16-9-3-1-7-14(16)15-8-2-4-10-17(15)20/h1-12H. The van der Waals surface area contributed by atoms with Gasteiger partial charge in [-0.2, -0.15) is 0 Å². The minimum atomic E-state index is -0.439. The molecule has 0 aliphatic rings. The highest BCUT2D eigenvalue weighted by atomic mass is 16.6. The monoisotopic (exact) mass is 288 g/mol. The van der Waals surface area contributed by atoms with Crippen molar-refractivity contribution in [3.05, 3.63) is 73.1 Å². The fourth-order valence-electron chi connectivity index (χ4n) is 2.67. The van der Waals surface area contributed by atoms with Crippen LogP contribution in [0.25, 0.3) is 21.8 Å². The number of carbonyl (C=O) groups excluding carboxylic acids is 1. The van der Waals surface area contributed by atoms with Gasteiger partial charge in [0.05, 0.1) is 17.2 Å². The summed E-state index contributed by atoms with van der Waals surface area (Å²) >= 11 is 0. The Balaban J connectivity index is 1.91. The van der Waals surface area contributed by atoms with Gasteiger partial charge < -0.3 is 4.74 Å². The summed E-state index contributed by atoms with van der Waals surface area (Å²) in [5.41, 5.74) is 1.66. The van der Waals surface area contributed by atoms with Crippen molar-refractivity contribution >= 4 is 27.9 Å². The molecular formula is C18H12N2O2. The molecule has 0 bridgehead atoms. The lowest BCUT2D eigenvalue weighted by molar-refractivity contribution is 0.204. The van der Waals surface area contributed by atoms with Crippen LogP contribution in [0.4, 0.5) is 4.79 Å². The summed E-state index contributed by atoms with van der Waals surface area (Å²) in [6.45, 7) is 0. The van der Waals surface area contributed by atoms with Crippen LogP contribution in [0.3, 0.4) is 0 Å². The summed E-state index contributed by atoms with van der Waals surface area (Å²) in [6.07, 6.45) is 2.72. The molecule has 106 valence electrons. The molecule has 2 aromatic heterocycles. The van der Waals surface area contributed by atoms with E-state index in [-0.39, 0.29) is 0 Å². The van der Waals surface area contributed by atoms with E-state index in [9.17, 15) is 4.79 Å². The molecule has 4 nitrogen and oxygen atoms in total. The Labute approximate surface area is 126 Å². The third-order valence-electron chi connectivity index (χ3n) is 3.60. The number of carbonyl (C=O) groups is 1. The van der Waals surface area contributed by atoms with Gasteiger partial charge >= 0.3 is 6.09 Å². The molecule has 0 aliphatic carbocycles. The van der Waals surface area contributed by atoms with Gasteiger partial charge in [0.15, 0.2) is 5.75 Å². The first kappa shape index (κ1) is 12.6. The van der Waals surface area contributed by atoms with Crippen molar-refractivity contribution in [1.29, 1.82) is 0 Å². The van der Waals surface area contributed by atoms with Crippen molar-refractivity contribution in [3.8, 4) is 5.75 Å². The number of fused-ring (bicyclic) bond motifs is 3. The van der Waals surface area contributed by atoms with Gasteiger partial charge in [0.25, 0.3) is 0 Å². The molecule has 0 spiro atoms. The molecule has 0 atom stereocenters. The molecule has 2 heterocycles. The number of hydrogen-bond acceptors (Lipinski definition) is 3. The maximum atomic E-state index is 12.6. The lowest BCUT2D eigenvalue weighted by Gasteiger charge is -2.06. The van der Waals surface area contributed by atoms with Gasteiger partial charge in [-0.15, -0.1) is 0 Å². The lowest BCUT2D eigenvalue weighted by atomic mass is 10.2. The predicted molar refractivity (Wildman–Crippen MR) is 85.1 cm³/mol. The SMILES string of the molecule is O=C(Oc1cccnc1)n1c2ccccc2c2ccccc21. The van der Waals surface area contributed by atoms with Crippen LogP contribution in [-0.4, -0.2) is 15.6 Å². The molecule has 4 rings (SSSR count). The summed E-state index contributed by atoms with van der Waals surface area (Å²) in [7, 11) is 0. The van der Waals surface area contributed by atoms with Gasteiger partial charge in [0, 0.05) is 17.0 Å². The zero-order valence-corrected chi connectivity index (χ0v) is 11.6. The summed E-state index contributed by atoms with van der Waals surface area (Å²) in [5.74, 6) is 0.425. The number of ether oxygens (including phenoxy) is 1. The number of para-hydroxylation sites is 2. The van der Waals surface area contributed by atoms with E-state index in [1.165, 1.54) is 6.20 Å². The Hall–Kier alpha value is -3.14. The molecule has 2 aromatic carbocycles. The summed E-state index contributed by atoms with van der Waals surface area (Å²) < 4.78 is 7.03. The molecule has 0 radical (unpaired) electrons. The fraction of sp³-hybridized carbons (Fsp3) is 0. The second kappa shape index (κ2) is 5.00. The number of nitrogens with zero attached hydrogens (tertiary/aromatic N) is 2. The van der Waals surface area contributed by atoms with E-state index in [1.807, 2.05) is 48.5 Å². The minimum Gasteiger partial charge on any atom is -0.408 e. The van der Waals surface area contributed by atoms with Gasteiger partial charge in [-0.25, -0.2) is 9.36 Å². The summed E-state index contributed by atoms with van der Waals surface area (Å²) in [6, 6.07) is 19.0. The molecule has 0 amide bonds. The van der Waals surface area contributed by atoms with Gasteiger partial charge in [-0.1, -0.05) is 36.4 Å². The van der Waals surface area contributed by atoms with Crippen LogP contribution in [-0.2, 0) is 0 Å². The quantitative estimate of drug-likeness (QED) is 0.526. The average Bonchev–Trinajstić information content (AvgIpc) is 2.90. The van der Waals surface area contributed by atoms with Crippen LogP contribution in [0.2, 0.25) is 0 Å². The normalized spacial score (nSPS) is 10.9. The van der Waals surface area contributed by atoms with Crippen molar-refractivity contribution in [2.24, 2.45) is 0 Å². The highest BCUT2D eigenvalue weighted by molar-refractivity contribution is 6.12. The Kier molecular flexibility index (Phi) is 2.86. The van der Waals surface area contributed by atoms with E-state index in [2.05, 4.69) is 4.98 Å². The smallest absolute Gasteiger partial charge is 0.408 e. The van der Waals surface area contributed by atoms with Gasteiger partial charge in [0.1, 0.15) is 0 Å². The molecule has 0 unspecified atom stereocenters. The number of benzene rings is 2. The van der Waals surface area contributed by atoms with E-state index < -0.39 is 6.09 Å². The third kappa shape index (κ3) is 1.93. The van der Waals surface area contributed by atoms with Crippen LogP contribution < -0.4 is 4.74 Å². The van der Waals surface area contributed by atoms with Crippen LogP contribution in [0, 0.1) is 0 Å². The molecule has 0 saturated carbocycles. The van der Waals surface area contributed by atoms with Gasteiger partial charge in [-0.3, -0.25) is 4.98 Å². The molecule has 4 heteroatoms. The number of aromatic nitrogens is 2. The second-order valence-corrected chi connectivity index (χ2v) is 4.93. The third-order valence-corrected chi connectivity index (χ3v) is 3.60. The molecular weight excluding hydrogens is 276 g/mol. The zero-order chi connectivity index (χ0) is 14.9. The number of rotatable bonds is 1. The van der Waals surface area contributed by atoms with Crippen molar-refractivity contribution in [1.82, 2.24) is 9.55 Å². The van der Waals surface area contributed by atoms with Crippen LogP contribution in [0.5, 0.6) is 5.75 Å². The van der Waals surface area contributed by atoms with E-state index in [0.717, 1.165) is 21.8 Å². The number of hydrogen-bond donors (Lipinski definition) is 0. The predicted octanol–water partition coefficient (Wildman–Crippen LogP) is 4.24. The maximum Gasteiger partial charge on any atom is 0.424 e. The lowest BCUT2D eigenvalue weighted by Crippen LogP contribution is -2.16. The van der Waals surface area contributed by atoms with Crippen molar-refractivity contribution < 1.29 is 9.53 Å². The van der Waals surface area contributed by atoms with Crippen LogP contribution in [0.15, 0.2) is 73.1 Å². The highest BCUT2D eigenvalue weighted by Gasteiger charge is 2.16. The zero-order valence-electron chi connectivity index (χ0n) is 11.6. The topological polar surface area (TPSA) is 44.1 Å². The largest absolute Gasteiger partial charge is 0.424 e. The molecule has 0 N–H and O–H groups in total. The molecule has 22 heavy (non-hydrogen) atoms. The molecule has 4 aromatic rings. The first-order valence-electron chi connectivity index (χ1n) is 6.95. The van der Waals surface area contributed by atoms with E-state index in [1.54, 1.807) is 22.9 Å². The number of pyridine rings is 1. The highest BCUT2D eigenvalue weighted by Crippen LogP contribution is 2.28. The Bertz CT molecular complexity index is 921. The fourth-order valence-corrected chi connectivity index (χ4v) is 2.67. The second-order valence-electron chi connectivity index (χ2n) is 4.93. The maximum absolute atomic E-state index is 12.6.